The van der Waals surface area contributed by atoms with E-state index in [0.717, 1.165) is 15.8 Å². The van der Waals surface area contributed by atoms with Gasteiger partial charge in [-0.1, -0.05) is 41.9 Å². The third-order valence-electron chi connectivity index (χ3n) is 4.58. The molecule has 0 atom stereocenters. The first-order valence-corrected chi connectivity index (χ1v) is 10.9. The highest BCUT2D eigenvalue weighted by Crippen LogP contribution is 2.35. The Morgan fingerprint density at radius 2 is 1.61 bits per heavy atom. The number of carbonyl (C=O) groups excluding carboxylic acids is 2. The van der Waals surface area contributed by atoms with Gasteiger partial charge in [-0.2, -0.15) is 0 Å². The largest absolute Gasteiger partial charge is 0.494 e. The van der Waals surface area contributed by atoms with Crippen molar-refractivity contribution in [3.63, 3.8) is 0 Å². The molecule has 4 aromatic rings. The number of rotatable bonds is 6. The number of fused-ring (bicyclic) bond motifs is 1. The van der Waals surface area contributed by atoms with Crippen LogP contribution in [0.2, 0.25) is 5.02 Å². The fourth-order valence-corrected chi connectivity index (χ4v) is 4.54. The second kappa shape index (κ2) is 9.20. The van der Waals surface area contributed by atoms with E-state index >= 15 is 0 Å². The number of anilines is 2. The molecule has 7 heteroatoms. The van der Waals surface area contributed by atoms with Crippen molar-refractivity contribution in [3.8, 4) is 5.75 Å². The van der Waals surface area contributed by atoms with Crippen molar-refractivity contribution in [2.24, 2.45) is 0 Å². The monoisotopic (exact) mass is 450 g/mol. The van der Waals surface area contributed by atoms with E-state index in [2.05, 4.69) is 10.6 Å². The molecule has 0 unspecified atom stereocenters. The lowest BCUT2D eigenvalue weighted by molar-refractivity contribution is 0.102. The molecule has 2 N–H and O–H groups in total. The third-order valence-corrected chi connectivity index (χ3v) is 6.26. The SMILES string of the molecule is CCOc1ccc(NC(=O)c2ccccc2NC(=O)c2sc3ccccc3c2Cl)cc1. The summed E-state index contributed by atoms with van der Waals surface area (Å²) in [6, 6.07) is 21.5. The number of carbonyl (C=O) groups is 2. The predicted molar refractivity (Wildman–Crippen MR) is 127 cm³/mol. The van der Waals surface area contributed by atoms with Gasteiger partial charge in [-0.15, -0.1) is 11.3 Å². The summed E-state index contributed by atoms with van der Waals surface area (Å²) in [6.45, 7) is 2.48. The Balaban J connectivity index is 1.54. The summed E-state index contributed by atoms with van der Waals surface area (Å²) < 4.78 is 6.35. The van der Waals surface area contributed by atoms with Gasteiger partial charge in [0.2, 0.25) is 0 Å². The Labute approximate surface area is 188 Å². The molecule has 31 heavy (non-hydrogen) atoms. The van der Waals surface area contributed by atoms with Crippen molar-refractivity contribution >= 4 is 56.2 Å². The summed E-state index contributed by atoms with van der Waals surface area (Å²) in [7, 11) is 0. The van der Waals surface area contributed by atoms with Crippen LogP contribution in [0.15, 0.2) is 72.8 Å². The van der Waals surface area contributed by atoms with E-state index in [0.29, 0.717) is 33.4 Å². The van der Waals surface area contributed by atoms with E-state index in [1.165, 1.54) is 11.3 Å². The number of hydrogen-bond acceptors (Lipinski definition) is 4. The van der Waals surface area contributed by atoms with Crippen LogP contribution in [0, 0.1) is 0 Å². The van der Waals surface area contributed by atoms with Crippen LogP contribution in [0.1, 0.15) is 27.0 Å². The third kappa shape index (κ3) is 4.55. The number of thiophene rings is 1. The molecule has 156 valence electrons. The van der Waals surface area contributed by atoms with Gasteiger partial charge in [-0.05, 0) is 49.4 Å². The van der Waals surface area contributed by atoms with E-state index in [4.69, 9.17) is 16.3 Å². The molecule has 0 fully saturated rings. The molecule has 0 radical (unpaired) electrons. The first-order chi connectivity index (χ1) is 15.1. The Morgan fingerprint density at radius 3 is 2.35 bits per heavy atom. The van der Waals surface area contributed by atoms with Gasteiger partial charge in [0.1, 0.15) is 10.6 Å². The van der Waals surface area contributed by atoms with Crippen molar-refractivity contribution in [1.29, 1.82) is 0 Å². The van der Waals surface area contributed by atoms with Crippen LogP contribution in [0.3, 0.4) is 0 Å². The second-order valence-corrected chi connectivity index (χ2v) is 8.08. The van der Waals surface area contributed by atoms with Crippen LogP contribution in [-0.4, -0.2) is 18.4 Å². The zero-order valence-electron chi connectivity index (χ0n) is 16.6. The maximum absolute atomic E-state index is 12.9. The number of halogens is 1. The van der Waals surface area contributed by atoms with Crippen molar-refractivity contribution in [2.45, 2.75) is 6.92 Å². The average Bonchev–Trinajstić information content (AvgIpc) is 3.12. The molecule has 1 aromatic heterocycles. The highest BCUT2D eigenvalue weighted by Gasteiger charge is 2.19. The number of para-hydroxylation sites is 1. The number of benzene rings is 3. The van der Waals surface area contributed by atoms with Gasteiger partial charge in [-0.3, -0.25) is 9.59 Å². The molecule has 3 aromatic carbocycles. The van der Waals surface area contributed by atoms with E-state index in [1.54, 1.807) is 48.5 Å². The molecule has 1 heterocycles. The van der Waals surface area contributed by atoms with Gasteiger partial charge in [0.05, 0.1) is 22.9 Å². The summed E-state index contributed by atoms with van der Waals surface area (Å²) in [4.78, 5) is 26.2. The van der Waals surface area contributed by atoms with Gasteiger partial charge < -0.3 is 15.4 Å². The summed E-state index contributed by atoms with van der Waals surface area (Å²) in [5.41, 5.74) is 1.38. The Hall–Kier alpha value is -3.35. The lowest BCUT2D eigenvalue weighted by atomic mass is 10.1. The van der Waals surface area contributed by atoms with Crippen molar-refractivity contribution in [1.82, 2.24) is 0 Å². The Morgan fingerprint density at radius 1 is 0.903 bits per heavy atom. The zero-order chi connectivity index (χ0) is 21.8. The molecule has 0 saturated carbocycles. The molecule has 0 aliphatic rings. The van der Waals surface area contributed by atoms with Crippen molar-refractivity contribution < 1.29 is 14.3 Å². The topological polar surface area (TPSA) is 67.4 Å². The normalized spacial score (nSPS) is 10.6. The minimum atomic E-state index is -0.354. The van der Waals surface area contributed by atoms with E-state index in [-0.39, 0.29) is 11.8 Å². The van der Waals surface area contributed by atoms with Gasteiger partial charge in [-0.25, -0.2) is 0 Å². The smallest absolute Gasteiger partial charge is 0.267 e. The molecular weight excluding hydrogens is 432 g/mol. The van der Waals surface area contributed by atoms with Crippen LogP contribution in [0.5, 0.6) is 5.75 Å². The first-order valence-electron chi connectivity index (χ1n) is 9.68. The molecule has 0 bridgehead atoms. The minimum absolute atomic E-state index is 0.331. The van der Waals surface area contributed by atoms with Gasteiger partial charge in [0, 0.05) is 15.8 Å². The van der Waals surface area contributed by atoms with Crippen molar-refractivity contribution in [2.75, 3.05) is 17.2 Å². The van der Waals surface area contributed by atoms with Crippen LogP contribution in [0.4, 0.5) is 11.4 Å². The fraction of sp³-hybridized carbons (Fsp3) is 0.0833. The van der Waals surface area contributed by atoms with E-state index < -0.39 is 0 Å². The van der Waals surface area contributed by atoms with Crippen LogP contribution < -0.4 is 15.4 Å². The maximum Gasteiger partial charge on any atom is 0.267 e. The number of nitrogens with one attached hydrogen (secondary N) is 2. The lowest BCUT2D eigenvalue weighted by Crippen LogP contribution is -2.17. The highest BCUT2D eigenvalue weighted by atomic mass is 35.5. The quantitative estimate of drug-likeness (QED) is 0.354. The van der Waals surface area contributed by atoms with E-state index in [1.807, 2.05) is 31.2 Å². The van der Waals surface area contributed by atoms with Gasteiger partial charge in [0.15, 0.2) is 0 Å². The summed E-state index contributed by atoms with van der Waals surface area (Å²) in [6.07, 6.45) is 0. The molecule has 0 spiro atoms. The van der Waals surface area contributed by atoms with Crippen LogP contribution in [0.25, 0.3) is 10.1 Å². The van der Waals surface area contributed by atoms with Gasteiger partial charge in [0.25, 0.3) is 11.8 Å². The summed E-state index contributed by atoms with van der Waals surface area (Å²) in [5.74, 6) is 0.0448. The lowest BCUT2D eigenvalue weighted by Gasteiger charge is -2.12. The Kier molecular flexibility index (Phi) is 6.21. The van der Waals surface area contributed by atoms with Crippen LogP contribution in [-0.2, 0) is 0 Å². The van der Waals surface area contributed by atoms with Gasteiger partial charge >= 0.3 is 0 Å². The number of ether oxygens (including phenoxy) is 1. The molecule has 0 aliphatic carbocycles. The summed E-state index contributed by atoms with van der Waals surface area (Å²) >= 11 is 7.74. The molecular formula is C24H19ClN2O3S. The number of hydrogen-bond donors (Lipinski definition) is 2. The predicted octanol–water partition coefficient (Wildman–Crippen LogP) is 6.46. The highest BCUT2D eigenvalue weighted by molar-refractivity contribution is 7.21. The average molecular weight is 451 g/mol. The van der Waals surface area contributed by atoms with Crippen LogP contribution >= 0.6 is 22.9 Å². The van der Waals surface area contributed by atoms with E-state index in [9.17, 15) is 9.59 Å². The van der Waals surface area contributed by atoms with Crippen molar-refractivity contribution in [3.05, 3.63) is 88.3 Å². The second-order valence-electron chi connectivity index (χ2n) is 6.65. The fourth-order valence-electron chi connectivity index (χ4n) is 3.13. The zero-order valence-corrected chi connectivity index (χ0v) is 18.2. The summed E-state index contributed by atoms with van der Waals surface area (Å²) in [5, 5.41) is 6.92. The maximum atomic E-state index is 12.9. The molecule has 5 nitrogen and oxygen atoms in total. The first kappa shape index (κ1) is 20.9. The standard InChI is InChI=1S/C24H19ClN2O3S/c1-2-30-16-13-11-15(12-14-16)26-23(28)17-7-3-5-9-19(17)27-24(29)22-21(25)18-8-4-6-10-20(18)31-22/h3-14H,2H2,1H3,(H,26,28)(H,27,29). The Bertz CT molecular complexity index is 1250. The minimum Gasteiger partial charge on any atom is -0.494 e. The molecule has 0 aliphatic heterocycles. The molecule has 2 amide bonds. The molecule has 4 rings (SSSR count). The molecule has 0 saturated heterocycles. The number of amides is 2.